The van der Waals surface area contributed by atoms with Crippen molar-refractivity contribution in [3.8, 4) is 0 Å². The molecule has 0 amide bonds. The molecule has 2 heterocycles. The van der Waals surface area contributed by atoms with Crippen molar-refractivity contribution in [3.05, 3.63) is 59.9 Å². The average Bonchev–Trinajstić information content (AvgIpc) is 2.81. The molecule has 0 radical (unpaired) electrons. The summed E-state index contributed by atoms with van der Waals surface area (Å²) >= 11 is 0. The van der Waals surface area contributed by atoms with E-state index in [1.165, 1.54) is 36.7 Å². The zero-order valence-electron chi connectivity index (χ0n) is 9.13. The summed E-state index contributed by atoms with van der Waals surface area (Å²) in [6.07, 6.45) is 2.78. The second-order valence-electron chi connectivity index (χ2n) is 3.75. The van der Waals surface area contributed by atoms with Crippen LogP contribution in [0.25, 0.3) is 11.0 Å². The summed E-state index contributed by atoms with van der Waals surface area (Å²) in [5.41, 5.74) is 0.853. The number of hydrogen-bond acceptors (Lipinski definition) is 4. The van der Waals surface area contributed by atoms with Crippen molar-refractivity contribution in [2.24, 2.45) is 0 Å². The van der Waals surface area contributed by atoms with Crippen molar-refractivity contribution < 1.29 is 13.6 Å². The number of carbonyl (C=O) groups is 1. The molecule has 0 bridgehead atoms. The molecule has 3 rings (SSSR count). The first-order valence-corrected chi connectivity index (χ1v) is 5.24. The van der Waals surface area contributed by atoms with Gasteiger partial charge in [0.2, 0.25) is 5.78 Å². The maximum Gasteiger partial charge on any atom is 0.229 e. The van der Waals surface area contributed by atoms with Crippen LogP contribution in [0.2, 0.25) is 0 Å². The lowest BCUT2D eigenvalue weighted by Gasteiger charge is -1.94. The molecule has 0 aliphatic heterocycles. The lowest BCUT2D eigenvalue weighted by molar-refractivity contribution is 0.101. The zero-order chi connectivity index (χ0) is 12.5. The molecule has 0 saturated heterocycles. The molecule has 1 aromatic carbocycles. The number of benzene rings is 1. The Bertz CT molecular complexity index is 722. The monoisotopic (exact) mass is 242 g/mol. The van der Waals surface area contributed by atoms with Gasteiger partial charge in [0.1, 0.15) is 11.4 Å². The number of halogens is 1. The highest BCUT2D eigenvalue weighted by Crippen LogP contribution is 2.22. The van der Waals surface area contributed by atoms with Crippen molar-refractivity contribution in [1.82, 2.24) is 10.2 Å². The second-order valence-corrected chi connectivity index (χ2v) is 3.75. The SMILES string of the molecule is O=C(c1ccnnc1)c1cc2cc(F)ccc2o1. The number of hydrogen-bond donors (Lipinski definition) is 0. The minimum Gasteiger partial charge on any atom is -0.453 e. The molecule has 0 atom stereocenters. The van der Waals surface area contributed by atoms with Gasteiger partial charge in [-0.3, -0.25) is 4.79 Å². The van der Waals surface area contributed by atoms with Gasteiger partial charge in [0.15, 0.2) is 5.76 Å². The predicted molar refractivity (Wildman–Crippen MR) is 61.6 cm³/mol. The van der Waals surface area contributed by atoms with E-state index in [1.54, 1.807) is 6.07 Å². The molecule has 4 nitrogen and oxygen atoms in total. The standard InChI is InChI=1S/C13H7FN2O2/c14-10-1-2-11-9(5-10)6-12(18-11)13(17)8-3-4-15-16-7-8/h1-7H. The Hall–Kier alpha value is -2.56. The number of fused-ring (bicyclic) bond motifs is 1. The number of nitrogens with zero attached hydrogens (tertiary/aromatic N) is 2. The van der Waals surface area contributed by atoms with E-state index in [4.69, 9.17) is 4.42 Å². The molecule has 2 aromatic heterocycles. The maximum absolute atomic E-state index is 13.0. The van der Waals surface area contributed by atoms with Gasteiger partial charge in [-0.05, 0) is 30.3 Å². The van der Waals surface area contributed by atoms with Crippen molar-refractivity contribution in [2.75, 3.05) is 0 Å². The summed E-state index contributed by atoms with van der Waals surface area (Å²) in [5, 5.41) is 7.78. The fourth-order valence-electron chi connectivity index (χ4n) is 1.69. The van der Waals surface area contributed by atoms with Crippen molar-refractivity contribution in [2.45, 2.75) is 0 Å². The Balaban J connectivity index is 2.07. The van der Waals surface area contributed by atoms with Gasteiger partial charge in [-0.15, -0.1) is 0 Å². The van der Waals surface area contributed by atoms with Crippen LogP contribution < -0.4 is 0 Å². The molecule has 0 unspecified atom stereocenters. The van der Waals surface area contributed by atoms with Crippen LogP contribution in [0.15, 0.2) is 47.1 Å². The summed E-state index contributed by atoms with van der Waals surface area (Å²) in [6.45, 7) is 0. The first kappa shape index (κ1) is 10.6. The van der Waals surface area contributed by atoms with Gasteiger partial charge in [-0.25, -0.2) is 4.39 Å². The highest BCUT2D eigenvalue weighted by Gasteiger charge is 2.14. The summed E-state index contributed by atoms with van der Waals surface area (Å²) in [4.78, 5) is 12.0. The molecule has 0 aliphatic rings. The number of aromatic nitrogens is 2. The minimum absolute atomic E-state index is 0.156. The molecule has 18 heavy (non-hydrogen) atoms. The zero-order valence-corrected chi connectivity index (χ0v) is 9.13. The fourth-order valence-corrected chi connectivity index (χ4v) is 1.69. The highest BCUT2D eigenvalue weighted by molar-refractivity contribution is 6.08. The van der Waals surface area contributed by atoms with Crippen LogP contribution in [0.1, 0.15) is 16.1 Å². The Morgan fingerprint density at radius 1 is 1.17 bits per heavy atom. The number of carbonyl (C=O) groups excluding carboxylic acids is 1. The van der Waals surface area contributed by atoms with Crippen molar-refractivity contribution in [3.63, 3.8) is 0 Å². The van der Waals surface area contributed by atoms with Crippen LogP contribution >= 0.6 is 0 Å². The largest absolute Gasteiger partial charge is 0.453 e. The highest BCUT2D eigenvalue weighted by atomic mass is 19.1. The third kappa shape index (κ3) is 1.75. The van der Waals surface area contributed by atoms with E-state index in [0.29, 0.717) is 16.5 Å². The molecular formula is C13H7FN2O2. The quantitative estimate of drug-likeness (QED) is 0.648. The van der Waals surface area contributed by atoms with E-state index in [2.05, 4.69) is 10.2 Å². The first-order valence-electron chi connectivity index (χ1n) is 5.24. The maximum atomic E-state index is 13.0. The van der Waals surface area contributed by atoms with E-state index >= 15 is 0 Å². The number of rotatable bonds is 2. The Labute approximate surface area is 101 Å². The van der Waals surface area contributed by atoms with Crippen LogP contribution in [0.3, 0.4) is 0 Å². The molecule has 0 aliphatic carbocycles. The van der Waals surface area contributed by atoms with Crippen LogP contribution in [0.4, 0.5) is 4.39 Å². The van der Waals surface area contributed by atoms with Gasteiger partial charge in [-0.2, -0.15) is 10.2 Å². The molecule has 88 valence electrons. The van der Waals surface area contributed by atoms with E-state index in [9.17, 15) is 9.18 Å². The van der Waals surface area contributed by atoms with Gasteiger partial charge < -0.3 is 4.42 Å². The molecule has 0 saturated carbocycles. The fraction of sp³-hybridized carbons (Fsp3) is 0. The second kappa shape index (κ2) is 4.03. The van der Waals surface area contributed by atoms with Gasteiger partial charge in [0, 0.05) is 10.9 Å². The van der Waals surface area contributed by atoms with E-state index in [-0.39, 0.29) is 17.4 Å². The predicted octanol–water partition coefficient (Wildman–Crippen LogP) is 2.59. The molecule has 0 fully saturated rings. The smallest absolute Gasteiger partial charge is 0.229 e. The Morgan fingerprint density at radius 3 is 2.83 bits per heavy atom. The summed E-state index contributed by atoms with van der Waals surface area (Å²) in [5.74, 6) is -0.516. The number of ketones is 1. The molecular weight excluding hydrogens is 235 g/mol. The van der Waals surface area contributed by atoms with Gasteiger partial charge >= 0.3 is 0 Å². The third-order valence-electron chi connectivity index (χ3n) is 2.55. The van der Waals surface area contributed by atoms with Gasteiger partial charge in [-0.1, -0.05) is 0 Å². The molecule has 5 heteroatoms. The lowest BCUT2D eigenvalue weighted by atomic mass is 10.1. The van der Waals surface area contributed by atoms with E-state index in [0.717, 1.165) is 0 Å². The van der Waals surface area contributed by atoms with Crippen molar-refractivity contribution >= 4 is 16.8 Å². The number of furan rings is 1. The topological polar surface area (TPSA) is 56.0 Å². The summed E-state index contributed by atoms with van der Waals surface area (Å²) in [6, 6.07) is 7.16. The Morgan fingerprint density at radius 2 is 2.06 bits per heavy atom. The minimum atomic E-state index is -0.368. The van der Waals surface area contributed by atoms with Crippen LogP contribution in [0.5, 0.6) is 0 Å². The third-order valence-corrected chi connectivity index (χ3v) is 2.55. The van der Waals surface area contributed by atoms with Crippen LogP contribution in [-0.2, 0) is 0 Å². The van der Waals surface area contributed by atoms with E-state index in [1.807, 2.05) is 0 Å². The van der Waals surface area contributed by atoms with Crippen LogP contribution in [0, 0.1) is 5.82 Å². The molecule has 0 spiro atoms. The summed E-state index contributed by atoms with van der Waals surface area (Å²) in [7, 11) is 0. The normalized spacial score (nSPS) is 10.7. The Kier molecular flexibility index (Phi) is 2.37. The first-order chi connectivity index (χ1) is 8.74. The van der Waals surface area contributed by atoms with Gasteiger partial charge in [0.05, 0.1) is 12.4 Å². The average molecular weight is 242 g/mol. The summed E-state index contributed by atoms with van der Waals surface area (Å²) < 4.78 is 18.4. The van der Waals surface area contributed by atoms with E-state index < -0.39 is 0 Å². The molecule has 0 N–H and O–H groups in total. The van der Waals surface area contributed by atoms with Gasteiger partial charge in [0.25, 0.3) is 0 Å². The lowest BCUT2D eigenvalue weighted by Crippen LogP contribution is -2.00. The van der Waals surface area contributed by atoms with Crippen LogP contribution in [-0.4, -0.2) is 16.0 Å². The van der Waals surface area contributed by atoms with Crippen molar-refractivity contribution in [1.29, 1.82) is 0 Å². The molecule has 3 aromatic rings.